The molecular weight excluding hydrogens is 385 g/mol. The van der Waals surface area contributed by atoms with Gasteiger partial charge in [-0.25, -0.2) is 0 Å². The number of phenolic OH excluding ortho intramolecular Hbond substituents is 1. The second-order valence-electron chi connectivity index (χ2n) is 4.18. The molecule has 0 aliphatic heterocycles. The van der Waals surface area contributed by atoms with Gasteiger partial charge in [0.25, 0.3) is 5.91 Å². The number of carbonyl (C=O) groups excluding carboxylic acids is 1. The third-order valence-electron chi connectivity index (χ3n) is 2.86. The number of phenols is 1. The lowest BCUT2D eigenvalue weighted by Gasteiger charge is -2.12. The maximum Gasteiger partial charge on any atom is 0.259 e. The number of hydrogen-bond acceptors (Lipinski definition) is 4. The smallest absolute Gasteiger partial charge is 0.259 e. The molecule has 0 aliphatic rings. The Kier molecular flexibility index (Phi) is 4.89. The fourth-order valence-electron chi connectivity index (χ4n) is 1.79. The number of anilines is 1. The first-order valence-electron chi connectivity index (χ1n) is 6.07. The Morgan fingerprint density at radius 3 is 2.57 bits per heavy atom. The van der Waals surface area contributed by atoms with Crippen molar-refractivity contribution in [3.05, 3.63) is 45.5 Å². The molecule has 0 fully saturated rings. The van der Waals surface area contributed by atoms with Gasteiger partial charge in [-0.1, -0.05) is 0 Å². The van der Waals surface area contributed by atoms with Crippen molar-refractivity contribution in [2.75, 3.05) is 19.5 Å². The zero-order chi connectivity index (χ0) is 15.4. The molecule has 0 unspecified atom stereocenters. The lowest BCUT2D eigenvalue weighted by molar-refractivity contribution is 0.102. The Hall–Kier alpha value is -1.96. The molecule has 0 heterocycles. The van der Waals surface area contributed by atoms with Crippen molar-refractivity contribution < 1.29 is 19.4 Å². The summed E-state index contributed by atoms with van der Waals surface area (Å²) < 4.78 is 11.2. The van der Waals surface area contributed by atoms with Gasteiger partial charge in [-0.3, -0.25) is 4.79 Å². The molecule has 110 valence electrons. The van der Waals surface area contributed by atoms with Gasteiger partial charge in [0.2, 0.25) is 0 Å². The summed E-state index contributed by atoms with van der Waals surface area (Å²) in [5, 5.41) is 12.5. The van der Waals surface area contributed by atoms with Gasteiger partial charge in [-0.2, -0.15) is 0 Å². The highest BCUT2D eigenvalue weighted by Gasteiger charge is 2.14. The van der Waals surface area contributed by atoms with Gasteiger partial charge in [-0.15, -0.1) is 0 Å². The molecule has 6 heteroatoms. The molecule has 0 atom stereocenters. The van der Waals surface area contributed by atoms with Crippen LogP contribution in [0.15, 0.2) is 36.4 Å². The number of nitrogens with one attached hydrogen (secondary N) is 1. The second-order valence-corrected chi connectivity index (χ2v) is 5.43. The second kappa shape index (κ2) is 6.66. The average Bonchev–Trinajstić information content (AvgIpc) is 2.49. The molecule has 0 aromatic heterocycles. The number of ether oxygens (including phenoxy) is 2. The lowest BCUT2D eigenvalue weighted by Crippen LogP contribution is -2.13. The van der Waals surface area contributed by atoms with Crippen LogP contribution in [0, 0.1) is 3.57 Å². The van der Waals surface area contributed by atoms with E-state index in [-0.39, 0.29) is 11.3 Å². The van der Waals surface area contributed by atoms with Crippen LogP contribution in [-0.2, 0) is 0 Å². The maximum absolute atomic E-state index is 12.3. The van der Waals surface area contributed by atoms with E-state index in [4.69, 9.17) is 9.47 Å². The van der Waals surface area contributed by atoms with E-state index >= 15 is 0 Å². The number of benzene rings is 2. The van der Waals surface area contributed by atoms with Crippen LogP contribution in [0.2, 0.25) is 0 Å². The van der Waals surface area contributed by atoms with E-state index in [1.54, 1.807) is 37.4 Å². The minimum Gasteiger partial charge on any atom is -0.507 e. The van der Waals surface area contributed by atoms with E-state index in [1.807, 2.05) is 0 Å². The summed E-state index contributed by atoms with van der Waals surface area (Å²) >= 11 is 2.08. The quantitative estimate of drug-likeness (QED) is 0.775. The summed E-state index contributed by atoms with van der Waals surface area (Å²) in [6.45, 7) is 0. The third kappa shape index (κ3) is 3.57. The molecule has 0 saturated carbocycles. The van der Waals surface area contributed by atoms with Crippen LogP contribution in [-0.4, -0.2) is 25.2 Å². The van der Waals surface area contributed by atoms with Crippen molar-refractivity contribution in [1.82, 2.24) is 0 Å². The topological polar surface area (TPSA) is 67.8 Å². The van der Waals surface area contributed by atoms with Crippen LogP contribution in [0.3, 0.4) is 0 Å². The number of amides is 1. The highest BCUT2D eigenvalue weighted by atomic mass is 127. The summed E-state index contributed by atoms with van der Waals surface area (Å²) in [6, 6.07) is 9.90. The molecule has 0 spiro atoms. The number of aromatic hydroxyl groups is 1. The first kappa shape index (κ1) is 15.4. The number of methoxy groups -OCH3 is 2. The minimum absolute atomic E-state index is 0.0743. The van der Waals surface area contributed by atoms with E-state index < -0.39 is 5.91 Å². The molecule has 21 heavy (non-hydrogen) atoms. The number of hydrogen-bond donors (Lipinski definition) is 2. The molecule has 1 amide bonds. The van der Waals surface area contributed by atoms with E-state index in [9.17, 15) is 9.90 Å². The van der Waals surface area contributed by atoms with Crippen LogP contribution in [0.1, 0.15) is 10.4 Å². The number of rotatable bonds is 4. The number of carbonyl (C=O) groups is 1. The fraction of sp³-hybridized carbons (Fsp3) is 0.133. The zero-order valence-corrected chi connectivity index (χ0v) is 13.7. The maximum atomic E-state index is 12.3. The largest absolute Gasteiger partial charge is 0.507 e. The Morgan fingerprint density at radius 1 is 1.14 bits per heavy atom. The van der Waals surface area contributed by atoms with E-state index in [0.717, 1.165) is 3.57 Å². The van der Waals surface area contributed by atoms with Gasteiger partial charge in [-0.05, 0) is 52.9 Å². The minimum atomic E-state index is -0.419. The standard InChI is InChI=1S/C15H14INO4/c1-20-10-4-6-14(21-2)12(8-10)17-15(19)11-7-9(16)3-5-13(11)18/h3-8,18H,1-2H3,(H,17,19). The predicted molar refractivity (Wildman–Crippen MR) is 88.3 cm³/mol. The van der Waals surface area contributed by atoms with Crippen LogP contribution < -0.4 is 14.8 Å². The fourth-order valence-corrected chi connectivity index (χ4v) is 2.28. The molecule has 0 saturated heterocycles. The Bertz CT molecular complexity index is 673. The van der Waals surface area contributed by atoms with E-state index in [2.05, 4.69) is 27.9 Å². The van der Waals surface area contributed by atoms with Crippen LogP contribution >= 0.6 is 22.6 Å². The van der Waals surface area contributed by atoms with Crippen molar-refractivity contribution in [2.45, 2.75) is 0 Å². The van der Waals surface area contributed by atoms with Gasteiger partial charge in [0.15, 0.2) is 0 Å². The Labute approximate surface area is 136 Å². The third-order valence-corrected chi connectivity index (χ3v) is 3.53. The van der Waals surface area contributed by atoms with Crippen molar-refractivity contribution in [3.63, 3.8) is 0 Å². The Balaban J connectivity index is 2.32. The zero-order valence-electron chi connectivity index (χ0n) is 11.5. The van der Waals surface area contributed by atoms with Gasteiger partial charge in [0.1, 0.15) is 17.2 Å². The van der Waals surface area contributed by atoms with Gasteiger partial charge in [0.05, 0.1) is 25.5 Å². The van der Waals surface area contributed by atoms with Gasteiger partial charge >= 0.3 is 0 Å². The molecule has 2 rings (SSSR count). The Morgan fingerprint density at radius 2 is 1.90 bits per heavy atom. The van der Waals surface area contributed by atoms with Crippen LogP contribution in [0.5, 0.6) is 17.2 Å². The summed E-state index contributed by atoms with van der Waals surface area (Å²) in [6.07, 6.45) is 0. The summed E-state index contributed by atoms with van der Waals surface area (Å²) in [7, 11) is 3.05. The first-order chi connectivity index (χ1) is 10.0. The van der Waals surface area contributed by atoms with E-state index in [1.165, 1.54) is 13.2 Å². The van der Waals surface area contributed by atoms with E-state index in [0.29, 0.717) is 17.2 Å². The van der Waals surface area contributed by atoms with Gasteiger partial charge in [0, 0.05) is 9.64 Å². The molecular formula is C15H14INO4. The molecule has 5 nitrogen and oxygen atoms in total. The highest BCUT2D eigenvalue weighted by Crippen LogP contribution is 2.30. The SMILES string of the molecule is COc1ccc(OC)c(NC(=O)c2cc(I)ccc2O)c1. The molecule has 2 aromatic carbocycles. The molecule has 0 aliphatic carbocycles. The average molecular weight is 399 g/mol. The van der Waals surface area contributed by atoms with Crippen molar-refractivity contribution in [3.8, 4) is 17.2 Å². The summed E-state index contributed by atoms with van der Waals surface area (Å²) in [4.78, 5) is 12.3. The predicted octanol–water partition coefficient (Wildman–Crippen LogP) is 3.27. The monoisotopic (exact) mass is 399 g/mol. The van der Waals surface area contributed by atoms with Crippen molar-refractivity contribution in [1.29, 1.82) is 0 Å². The normalized spacial score (nSPS) is 10.0. The lowest BCUT2D eigenvalue weighted by atomic mass is 10.2. The highest BCUT2D eigenvalue weighted by molar-refractivity contribution is 14.1. The number of halogens is 1. The summed E-state index contributed by atoms with van der Waals surface area (Å²) in [5.41, 5.74) is 0.673. The van der Waals surface area contributed by atoms with Crippen LogP contribution in [0.4, 0.5) is 5.69 Å². The van der Waals surface area contributed by atoms with Gasteiger partial charge < -0.3 is 19.9 Å². The molecule has 0 bridgehead atoms. The van der Waals surface area contributed by atoms with Crippen LogP contribution in [0.25, 0.3) is 0 Å². The first-order valence-corrected chi connectivity index (χ1v) is 7.15. The summed E-state index contributed by atoms with van der Waals surface area (Å²) in [5.74, 6) is 0.611. The molecule has 2 aromatic rings. The molecule has 0 radical (unpaired) electrons. The van der Waals surface area contributed by atoms with Crippen molar-refractivity contribution >= 4 is 34.2 Å². The van der Waals surface area contributed by atoms with Crippen molar-refractivity contribution in [2.24, 2.45) is 0 Å². The molecule has 2 N–H and O–H groups in total.